The van der Waals surface area contributed by atoms with Gasteiger partial charge in [0.15, 0.2) is 0 Å². The van der Waals surface area contributed by atoms with Gasteiger partial charge in [-0.15, -0.1) is 0 Å². The van der Waals surface area contributed by atoms with Crippen LogP contribution in [0.2, 0.25) is 0 Å². The van der Waals surface area contributed by atoms with Crippen molar-refractivity contribution in [3.8, 4) is 11.6 Å². The van der Waals surface area contributed by atoms with E-state index in [4.69, 9.17) is 9.84 Å². The van der Waals surface area contributed by atoms with Crippen molar-refractivity contribution in [1.82, 2.24) is 9.78 Å². The van der Waals surface area contributed by atoms with E-state index >= 15 is 0 Å². The molecule has 0 saturated carbocycles. The van der Waals surface area contributed by atoms with Crippen molar-refractivity contribution >= 4 is 5.97 Å². The number of para-hydroxylation sites is 1. The van der Waals surface area contributed by atoms with Crippen LogP contribution >= 0.6 is 0 Å². The first kappa shape index (κ1) is 14.1. The van der Waals surface area contributed by atoms with Crippen molar-refractivity contribution in [2.75, 3.05) is 7.11 Å². The molecule has 2 rings (SSSR count). The molecule has 0 saturated heterocycles. The fourth-order valence-corrected chi connectivity index (χ4v) is 2.26. The van der Waals surface area contributed by atoms with Crippen LogP contribution in [-0.2, 0) is 17.6 Å². The maximum atomic E-state index is 11.0. The van der Waals surface area contributed by atoms with E-state index in [1.165, 1.54) is 7.11 Å². The molecule has 20 heavy (non-hydrogen) atoms. The number of carboxylic acids is 1. The average Bonchev–Trinajstić information content (AvgIpc) is 2.76. The van der Waals surface area contributed by atoms with Crippen LogP contribution in [0.3, 0.4) is 0 Å². The number of carboxylic acid groups (broad SMARTS) is 1. The molecule has 1 heterocycles. The molecule has 1 aromatic heterocycles. The molecule has 2 aromatic rings. The Labute approximate surface area is 117 Å². The van der Waals surface area contributed by atoms with Gasteiger partial charge in [0.2, 0.25) is 5.88 Å². The minimum atomic E-state index is -0.887. The number of benzene rings is 1. The summed E-state index contributed by atoms with van der Waals surface area (Å²) in [6.45, 7) is 3.94. The molecule has 0 spiro atoms. The Bertz CT molecular complexity index is 632. The van der Waals surface area contributed by atoms with Gasteiger partial charge in [0.1, 0.15) is 0 Å². The third-order valence-electron chi connectivity index (χ3n) is 3.22. The summed E-state index contributed by atoms with van der Waals surface area (Å²) in [5.74, 6) is -0.388. The number of aromatic nitrogens is 2. The normalized spacial score (nSPS) is 10.6. The van der Waals surface area contributed by atoms with Gasteiger partial charge < -0.3 is 9.84 Å². The SMILES string of the molecule is CCc1nn(-c2ccccc2C)c(OC)c1CC(=O)O. The Morgan fingerprint density at radius 2 is 2.10 bits per heavy atom. The molecule has 106 valence electrons. The van der Waals surface area contributed by atoms with Gasteiger partial charge >= 0.3 is 5.97 Å². The third kappa shape index (κ3) is 2.52. The molecule has 0 aliphatic carbocycles. The van der Waals surface area contributed by atoms with Gasteiger partial charge in [-0.2, -0.15) is 5.10 Å². The van der Waals surface area contributed by atoms with Gasteiger partial charge in [-0.3, -0.25) is 4.79 Å². The quantitative estimate of drug-likeness (QED) is 0.909. The van der Waals surface area contributed by atoms with Gasteiger partial charge in [0, 0.05) is 5.56 Å². The van der Waals surface area contributed by atoms with E-state index in [1.807, 2.05) is 38.1 Å². The molecule has 1 N–H and O–H groups in total. The Hall–Kier alpha value is -2.30. The zero-order valence-corrected chi connectivity index (χ0v) is 11.9. The van der Waals surface area contributed by atoms with Crippen molar-refractivity contribution < 1.29 is 14.6 Å². The summed E-state index contributed by atoms with van der Waals surface area (Å²) in [6, 6.07) is 7.80. The van der Waals surface area contributed by atoms with Crippen molar-refractivity contribution in [3.05, 3.63) is 41.1 Å². The zero-order valence-electron chi connectivity index (χ0n) is 11.9. The molecule has 0 fully saturated rings. The maximum absolute atomic E-state index is 11.0. The van der Waals surface area contributed by atoms with E-state index < -0.39 is 5.97 Å². The highest BCUT2D eigenvalue weighted by molar-refractivity contribution is 5.71. The molecular formula is C15H18N2O3. The number of nitrogens with zero attached hydrogens (tertiary/aromatic N) is 2. The molecule has 0 radical (unpaired) electrons. The highest BCUT2D eigenvalue weighted by atomic mass is 16.5. The molecule has 0 aliphatic rings. The first-order chi connectivity index (χ1) is 9.58. The van der Waals surface area contributed by atoms with Crippen molar-refractivity contribution in [2.45, 2.75) is 26.7 Å². The van der Waals surface area contributed by atoms with E-state index in [2.05, 4.69) is 5.10 Å². The number of hydrogen-bond donors (Lipinski definition) is 1. The lowest BCUT2D eigenvalue weighted by Gasteiger charge is -2.09. The lowest BCUT2D eigenvalue weighted by atomic mass is 10.1. The smallest absolute Gasteiger partial charge is 0.308 e. The Morgan fingerprint density at radius 1 is 1.40 bits per heavy atom. The van der Waals surface area contributed by atoms with Crippen molar-refractivity contribution in [3.63, 3.8) is 0 Å². The van der Waals surface area contributed by atoms with E-state index in [9.17, 15) is 4.79 Å². The minimum Gasteiger partial charge on any atom is -0.481 e. The molecule has 0 unspecified atom stereocenters. The van der Waals surface area contributed by atoms with Crippen LogP contribution < -0.4 is 4.74 Å². The second-order valence-electron chi connectivity index (χ2n) is 4.56. The minimum absolute atomic E-state index is 0.0851. The van der Waals surface area contributed by atoms with Crippen LogP contribution in [0.4, 0.5) is 0 Å². The van der Waals surface area contributed by atoms with Gasteiger partial charge in [-0.25, -0.2) is 4.68 Å². The molecule has 0 aliphatic heterocycles. The van der Waals surface area contributed by atoms with Gasteiger partial charge in [-0.05, 0) is 25.0 Å². The Kier molecular flexibility index (Phi) is 4.08. The average molecular weight is 274 g/mol. The van der Waals surface area contributed by atoms with Crippen LogP contribution in [0.25, 0.3) is 5.69 Å². The van der Waals surface area contributed by atoms with Gasteiger partial charge in [0.25, 0.3) is 0 Å². The fourth-order valence-electron chi connectivity index (χ4n) is 2.26. The van der Waals surface area contributed by atoms with Crippen LogP contribution in [0, 0.1) is 6.92 Å². The largest absolute Gasteiger partial charge is 0.481 e. The molecule has 1 aromatic carbocycles. The fraction of sp³-hybridized carbons (Fsp3) is 0.333. The number of carbonyl (C=O) groups is 1. The van der Waals surface area contributed by atoms with E-state index in [0.29, 0.717) is 17.9 Å². The summed E-state index contributed by atoms with van der Waals surface area (Å²) < 4.78 is 7.09. The second-order valence-corrected chi connectivity index (χ2v) is 4.56. The standard InChI is InChI=1S/C15H18N2O3/c1-4-12-11(9-14(18)19)15(20-3)17(16-12)13-8-6-5-7-10(13)2/h5-8H,4,9H2,1-3H3,(H,18,19). The summed E-state index contributed by atoms with van der Waals surface area (Å²) in [5.41, 5.74) is 3.35. The van der Waals surface area contributed by atoms with E-state index in [-0.39, 0.29) is 6.42 Å². The number of rotatable bonds is 5. The summed E-state index contributed by atoms with van der Waals surface area (Å²) in [5, 5.41) is 13.6. The topological polar surface area (TPSA) is 64.4 Å². The van der Waals surface area contributed by atoms with Crippen LogP contribution in [0.1, 0.15) is 23.7 Å². The van der Waals surface area contributed by atoms with E-state index in [0.717, 1.165) is 16.9 Å². The Morgan fingerprint density at radius 3 is 2.65 bits per heavy atom. The summed E-state index contributed by atoms with van der Waals surface area (Å²) >= 11 is 0. The monoisotopic (exact) mass is 274 g/mol. The summed E-state index contributed by atoms with van der Waals surface area (Å²) in [4.78, 5) is 11.0. The van der Waals surface area contributed by atoms with Crippen LogP contribution in [0.15, 0.2) is 24.3 Å². The number of ether oxygens (including phenoxy) is 1. The van der Waals surface area contributed by atoms with Crippen LogP contribution in [-0.4, -0.2) is 28.0 Å². The third-order valence-corrected chi connectivity index (χ3v) is 3.22. The molecule has 5 nitrogen and oxygen atoms in total. The van der Waals surface area contributed by atoms with Crippen molar-refractivity contribution in [2.24, 2.45) is 0 Å². The second kappa shape index (κ2) is 5.77. The van der Waals surface area contributed by atoms with Gasteiger partial charge in [0.05, 0.1) is 24.9 Å². The number of methoxy groups -OCH3 is 1. The number of hydrogen-bond acceptors (Lipinski definition) is 3. The number of aliphatic carboxylic acids is 1. The van der Waals surface area contributed by atoms with E-state index in [1.54, 1.807) is 4.68 Å². The zero-order chi connectivity index (χ0) is 14.7. The lowest BCUT2D eigenvalue weighted by molar-refractivity contribution is -0.136. The molecular weight excluding hydrogens is 256 g/mol. The van der Waals surface area contributed by atoms with Crippen LogP contribution in [0.5, 0.6) is 5.88 Å². The number of aryl methyl sites for hydroxylation is 2. The molecule has 0 bridgehead atoms. The summed E-state index contributed by atoms with van der Waals surface area (Å²) in [7, 11) is 1.54. The first-order valence-electron chi connectivity index (χ1n) is 6.51. The lowest BCUT2D eigenvalue weighted by Crippen LogP contribution is -2.05. The molecule has 5 heteroatoms. The predicted molar refractivity (Wildman–Crippen MR) is 75.6 cm³/mol. The molecule has 0 amide bonds. The summed E-state index contributed by atoms with van der Waals surface area (Å²) in [6.07, 6.45) is 0.579. The highest BCUT2D eigenvalue weighted by Gasteiger charge is 2.21. The predicted octanol–water partition coefficient (Wildman–Crippen LogP) is 2.38. The Balaban J connectivity index is 2.62. The highest BCUT2D eigenvalue weighted by Crippen LogP contribution is 2.28. The molecule has 0 atom stereocenters. The van der Waals surface area contributed by atoms with Gasteiger partial charge in [-0.1, -0.05) is 25.1 Å². The first-order valence-corrected chi connectivity index (χ1v) is 6.51. The van der Waals surface area contributed by atoms with Crippen molar-refractivity contribution in [1.29, 1.82) is 0 Å². The maximum Gasteiger partial charge on any atom is 0.308 e.